The predicted molar refractivity (Wildman–Crippen MR) is 80.0 cm³/mol. The largest absolute Gasteiger partial charge is 0.371 e. The monoisotopic (exact) mass is 292 g/mol. The Labute approximate surface area is 123 Å². The topological polar surface area (TPSA) is 110 Å². The summed E-state index contributed by atoms with van der Waals surface area (Å²) < 4.78 is 0. The van der Waals surface area contributed by atoms with Gasteiger partial charge in [0.25, 0.3) is 5.69 Å². The summed E-state index contributed by atoms with van der Waals surface area (Å²) in [7, 11) is 0. The van der Waals surface area contributed by atoms with Gasteiger partial charge in [0, 0.05) is 12.6 Å². The molecule has 0 saturated heterocycles. The number of nitrogens with zero attached hydrogens (tertiary/aromatic N) is 1. The Morgan fingerprint density at radius 2 is 2.00 bits per heavy atom. The van der Waals surface area contributed by atoms with Crippen LogP contribution < -0.4 is 16.4 Å². The first-order valence-electron chi connectivity index (χ1n) is 7.05. The van der Waals surface area contributed by atoms with Crippen LogP contribution >= 0.6 is 0 Å². The number of para-hydroxylation sites is 2. The number of carbonyl (C=O) groups is 1. The second-order valence-electron chi connectivity index (χ2n) is 5.37. The van der Waals surface area contributed by atoms with E-state index in [0.717, 1.165) is 25.7 Å². The molecule has 2 rings (SSSR count). The smallest absolute Gasteiger partial charge is 0.292 e. The van der Waals surface area contributed by atoms with Gasteiger partial charge < -0.3 is 16.4 Å². The van der Waals surface area contributed by atoms with E-state index in [2.05, 4.69) is 10.6 Å². The zero-order valence-corrected chi connectivity index (χ0v) is 11.8. The molecule has 1 saturated carbocycles. The summed E-state index contributed by atoms with van der Waals surface area (Å²) in [6.45, 7) is 0.414. The number of nitro benzene ring substituents is 1. The third kappa shape index (κ3) is 3.69. The van der Waals surface area contributed by atoms with Gasteiger partial charge in [-0.2, -0.15) is 0 Å². The van der Waals surface area contributed by atoms with E-state index in [4.69, 9.17) is 5.73 Å². The molecule has 0 aromatic heterocycles. The number of nitrogens with one attached hydrogen (secondary N) is 2. The fraction of sp³-hybridized carbons (Fsp3) is 0.500. The molecule has 0 aliphatic heterocycles. The van der Waals surface area contributed by atoms with Crippen LogP contribution in [0.15, 0.2) is 24.3 Å². The Bertz CT molecular complexity index is 527. The van der Waals surface area contributed by atoms with Crippen LogP contribution in [-0.4, -0.2) is 29.5 Å². The molecule has 21 heavy (non-hydrogen) atoms. The van der Waals surface area contributed by atoms with Gasteiger partial charge in [-0.05, 0) is 18.9 Å². The number of nitro groups is 1. The highest BCUT2D eigenvalue weighted by Crippen LogP contribution is 2.28. The minimum absolute atomic E-state index is 0.00734. The van der Waals surface area contributed by atoms with Gasteiger partial charge in [-0.25, -0.2) is 0 Å². The van der Waals surface area contributed by atoms with E-state index < -0.39 is 4.92 Å². The molecule has 0 spiro atoms. The molecule has 0 heterocycles. The molecule has 0 atom stereocenters. The summed E-state index contributed by atoms with van der Waals surface area (Å²) in [5.74, 6) is -0.194. The summed E-state index contributed by atoms with van der Waals surface area (Å²) in [5, 5.41) is 16.7. The Hall–Kier alpha value is -2.15. The van der Waals surface area contributed by atoms with Crippen molar-refractivity contribution in [1.82, 2.24) is 5.32 Å². The van der Waals surface area contributed by atoms with Crippen LogP contribution in [0.1, 0.15) is 25.7 Å². The highest BCUT2D eigenvalue weighted by atomic mass is 16.6. The van der Waals surface area contributed by atoms with Crippen molar-refractivity contribution in [3.63, 3.8) is 0 Å². The third-order valence-corrected chi connectivity index (χ3v) is 3.90. The average Bonchev–Trinajstić information content (AvgIpc) is 2.94. The molecule has 4 N–H and O–H groups in total. The Balaban J connectivity index is 1.94. The molecule has 0 radical (unpaired) electrons. The van der Waals surface area contributed by atoms with Crippen molar-refractivity contribution in [3.8, 4) is 0 Å². The standard InChI is InChI=1S/C14H20N4O3/c15-10-14(7-3-4-8-14)17-13(19)9-16-11-5-1-2-6-12(11)18(20)21/h1-2,5-6,16H,3-4,7-10,15H2,(H,17,19). The third-order valence-electron chi connectivity index (χ3n) is 3.90. The summed E-state index contributed by atoms with van der Waals surface area (Å²) in [5.41, 5.74) is 5.76. The van der Waals surface area contributed by atoms with Crippen molar-refractivity contribution >= 4 is 17.3 Å². The lowest BCUT2D eigenvalue weighted by Crippen LogP contribution is -2.53. The van der Waals surface area contributed by atoms with Gasteiger partial charge in [0.15, 0.2) is 0 Å². The van der Waals surface area contributed by atoms with Gasteiger partial charge in [-0.15, -0.1) is 0 Å². The van der Waals surface area contributed by atoms with Crippen LogP contribution in [0.3, 0.4) is 0 Å². The second kappa shape index (κ2) is 6.53. The van der Waals surface area contributed by atoms with Crippen molar-refractivity contribution in [3.05, 3.63) is 34.4 Å². The summed E-state index contributed by atoms with van der Waals surface area (Å²) in [4.78, 5) is 22.4. The van der Waals surface area contributed by atoms with Crippen LogP contribution in [-0.2, 0) is 4.79 Å². The molecule has 0 unspecified atom stereocenters. The zero-order valence-electron chi connectivity index (χ0n) is 11.8. The molecule has 114 valence electrons. The van der Waals surface area contributed by atoms with Crippen molar-refractivity contribution in [1.29, 1.82) is 0 Å². The van der Waals surface area contributed by atoms with Crippen molar-refractivity contribution in [2.24, 2.45) is 5.73 Å². The molecular weight excluding hydrogens is 272 g/mol. The predicted octanol–water partition coefficient (Wildman–Crippen LogP) is 1.39. The van der Waals surface area contributed by atoms with Gasteiger partial charge in [0.05, 0.1) is 17.0 Å². The number of nitrogens with two attached hydrogens (primary N) is 1. The highest BCUT2D eigenvalue weighted by Gasteiger charge is 2.33. The maximum absolute atomic E-state index is 12.0. The maximum Gasteiger partial charge on any atom is 0.292 e. The number of hydrogen-bond donors (Lipinski definition) is 3. The van der Waals surface area contributed by atoms with Crippen LogP contribution in [0.25, 0.3) is 0 Å². The summed E-state index contributed by atoms with van der Waals surface area (Å²) in [6, 6.07) is 6.26. The molecule has 1 amide bonds. The van der Waals surface area contributed by atoms with Crippen LogP contribution in [0, 0.1) is 10.1 Å². The van der Waals surface area contributed by atoms with E-state index in [0.29, 0.717) is 12.2 Å². The summed E-state index contributed by atoms with van der Waals surface area (Å²) >= 11 is 0. The maximum atomic E-state index is 12.0. The van der Waals surface area contributed by atoms with E-state index in [1.165, 1.54) is 6.07 Å². The number of hydrogen-bond acceptors (Lipinski definition) is 5. The average molecular weight is 292 g/mol. The Morgan fingerprint density at radius 3 is 2.62 bits per heavy atom. The molecule has 1 aliphatic rings. The fourth-order valence-electron chi connectivity index (χ4n) is 2.73. The highest BCUT2D eigenvalue weighted by molar-refractivity contribution is 5.82. The summed E-state index contributed by atoms with van der Waals surface area (Å²) in [6.07, 6.45) is 3.91. The second-order valence-corrected chi connectivity index (χ2v) is 5.37. The zero-order chi connectivity index (χ0) is 15.3. The number of benzene rings is 1. The van der Waals surface area contributed by atoms with E-state index in [-0.39, 0.29) is 23.7 Å². The van der Waals surface area contributed by atoms with Crippen LogP contribution in [0.5, 0.6) is 0 Å². The molecule has 7 heteroatoms. The molecule has 1 aromatic carbocycles. The fourth-order valence-corrected chi connectivity index (χ4v) is 2.73. The van der Waals surface area contributed by atoms with Crippen molar-refractivity contribution < 1.29 is 9.72 Å². The van der Waals surface area contributed by atoms with E-state index in [9.17, 15) is 14.9 Å². The molecule has 7 nitrogen and oxygen atoms in total. The molecule has 1 aliphatic carbocycles. The van der Waals surface area contributed by atoms with Gasteiger partial charge in [-0.1, -0.05) is 25.0 Å². The van der Waals surface area contributed by atoms with Crippen LogP contribution in [0.2, 0.25) is 0 Å². The number of amides is 1. The molecule has 0 bridgehead atoms. The van der Waals surface area contributed by atoms with Crippen LogP contribution in [0.4, 0.5) is 11.4 Å². The Kier molecular flexibility index (Phi) is 4.74. The lowest BCUT2D eigenvalue weighted by Gasteiger charge is -2.28. The lowest BCUT2D eigenvalue weighted by molar-refractivity contribution is -0.383. The van der Waals surface area contributed by atoms with Gasteiger partial charge >= 0.3 is 0 Å². The van der Waals surface area contributed by atoms with Crippen molar-refractivity contribution in [2.75, 3.05) is 18.4 Å². The Morgan fingerprint density at radius 1 is 1.33 bits per heavy atom. The minimum atomic E-state index is -0.474. The molecular formula is C14H20N4O3. The van der Waals surface area contributed by atoms with Gasteiger partial charge in [0.1, 0.15) is 5.69 Å². The first-order valence-corrected chi connectivity index (χ1v) is 7.05. The van der Waals surface area contributed by atoms with Gasteiger partial charge in [-0.3, -0.25) is 14.9 Å². The first kappa shape index (κ1) is 15.2. The number of rotatable bonds is 6. The number of carbonyl (C=O) groups excluding carboxylic acids is 1. The van der Waals surface area contributed by atoms with Crippen molar-refractivity contribution in [2.45, 2.75) is 31.2 Å². The number of anilines is 1. The minimum Gasteiger partial charge on any atom is -0.371 e. The first-order chi connectivity index (χ1) is 10.1. The lowest BCUT2D eigenvalue weighted by atomic mass is 9.98. The normalized spacial score (nSPS) is 16.4. The molecule has 1 aromatic rings. The SMILES string of the molecule is NCC1(NC(=O)CNc2ccccc2[N+](=O)[O-])CCCC1. The van der Waals surface area contributed by atoms with Gasteiger partial charge in [0.2, 0.25) is 5.91 Å². The van der Waals surface area contributed by atoms with E-state index in [1.54, 1.807) is 18.2 Å². The molecule has 1 fully saturated rings. The quantitative estimate of drug-likeness (QED) is 0.542. The van der Waals surface area contributed by atoms with E-state index >= 15 is 0 Å². The van der Waals surface area contributed by atoms with E-state index in [1.807, 2.05) is 0 Å².